The Kier molecular flexibility index (Phi) is 3.41. The summed E-state index contributed by atoms with van der Waals surface area (Å²) < 4.78 is 5.42. The van der Waals surface area contributed by atoms with E-state index in [4.69, 9.17) is 10.5 Å². The predicted molar refractivity (Wildman–Crippen MR) is 82.9 cm³/mol. The molecule has 0 amide bonds. The molecule has 110 valence electrons. The van der Waals surface area contributed by atoms with Crippen LogP contribution in [0.5, 0.6) is 5.75 Å². The Morgan fingerprint density at radius 3 is 2.71 bits per heavy atom. The number of benzene rings is 1. The molecule has 1 atom stereocenters. The van der Waals surface area contributed by atoms with E-state index in [9.17, 15) is 9.59 Å². The summed E-state index contributed by atoms with van der Waals surface area (Å²) in [7, 11) is 1.66. The zero-order valence-corrected chi connectivity index (χ0v) is 12.0. The van der Waals surface area contributed by atoms with Gasteiger partial charge < -0.3 is 15.4 Å². The maximum absolute atomic E-state index is 11.7. The number of methoxy groups -OCH3 is 1. The first-order valence-corrected chi connectivity index (χ1v) is 7.10. The second-order valence-electron chi connectivity index (χ2n) is 5.45. The van der Waals surface area contributed by atoms with Crippen LogP contribution in [-0.4, -0.2) is 20.2 Å². The van der Waals surface area contributed by atoms with E-state index in [2.05, 4.69) is 6.07 Å². The first kappa shape index (κ1) is 13.7. The SMILES string of the molecule is COc1ccccc1C1CCCN(c2c(N)c(=O)c2=O)C1. The number of nitrogens with zero attached hydrogens (tertiary/aromatic N) is 1. The van der Waals surface area contributed by atoms with Gasteiger partial charge in [0.15, 0.2) is 0 Å². The molecule has 2 aromatic rings. The van der Waals surface area contributed by atoms with Crippen LogP contribution in [0.15, 0.2) is 33.9 Å². The molecule has 1 aliphatic heterocycles. The Balaban J connectivity index is 1.87. The van der Waals surface area contributed by atoms with Crippen molar-refractivity contribution in [3.8, 4) is 5.75 Å². The second kappa shape index (κ2) is 5.24. The van der Waals surface area contributed by atoms with E-state index in [-0.39, 0.29) is 11.6 Å². The second-order valence-corrected chi connectivity index (χ2v) is 5.45. The Labute approximate surface area is 122 Å². The van der Waals surface area contributed by atoms with Gasteiger partial charge in [-0.2, -0.15) is 0 Å². The number of anilines is 2. The molecule has 3 rings (SSSR count). The average molecular weight is 286 g/mol. The van der Waals surface area contributed by atoms with Gasteiger partial charge in [-0.15, -0.1) is 0 Å². The molecular weight excluding hydrogens is 268 g/mol. The van der Waals surface area contributed by atoms with Crippen molar-refractivity contribution in [1.82, 2.24) is 0 Å². The van der Waals surface area contributed by atoms with Crippen LogP contribution < -0.4 is 26.2 Å². The number of rotatable bonds is 3. The molecule has 5 heteroatoms. The maximum atomic E-state index is 11.7. The topological polar surface area (TPSA) is 72.6 Å². The number of ether oxygens (including phenoxy) is 1. The number of nitrogen functional groups attached to an aromatic ring is 1. The monoisotopic (exact) mass is 286 g/mol. The van der Waals surface area contributed by atoms with Crippen LogP contribution in [0.25, 0.3) is 0 Å². The van der Waals surface area contributed by atoms with Gasteiger partial charge in [-0.3, -0.25) is 9.59 Å². The summed E-state index contributed by atoms with van der Waals surface area (Å²) >= 11 is 0. The Hall–Kier alpha value is -2.30. The first-order valence-electron chi connectivity index (χ1n) is 7.10. The van der Waals surface area contributed by atoms with E-state index in [1.807, 2.05) is 23.1 Å². The fourth-order valence-corrected chi connectivity index (χ4v) is 3.15. The zero-order chi connectivity index (χ0) is 15.0. The molecule has 21 heavy (non-hydrogen) atoms. The minimum absolute atomic E-state index is 0.112. The summed E-state index contributed by atoms with van der Waals surface area (Å²) in [6.45, 7) is 1.45. The Morgan fingerprint density at radius 1 is 1.24 bits per heavy atom. The van der Waals surface area contributed by atoms with E-state index in [1.54, 1.807) is 7.11 Å². The van der Waals surface area contributed by atoms with Crippen molar-refractivity contribution in [2.75, 3.05) is 30.8 Å². The van der Waals surface area contributed by atoms with E-state index in [1.165, 1.54) is 0 Å². The quantitative estimate of drug-likeness (QED) is 0.860. The number of nitrogens with two attached hydrogens (primary N) is 1. The van der Waals surface area contributed by atoms with Crippen molar-refractivity contribution in [2.45, 2.75) is 18.8 Å². The van der Waals surface area contributed by atoms with Crippen LogP contribution in [0.3, 0.4) is 0 Å². The van der Waals surface area contributed by atoms with Crippen molar-refractivity contribution in [1.29, 1.82) is 0 Å². The number of hydrogen-bond donors (Lipinski definition) is 1. The van der Waals surface area contributed by atoms with Crippen molar-refractivity contribution < 1.29 is 4.74 Å². The third-order valence-electron chi connectivity index (χ3n) is 4.24. The summed E-state index contributed by atoms with van der Waals surface area (Å²) in [6, 6.07) is 7.93. The van der Waals surface area contributed by atoms with Gasteiger partial charge in [-0.25, -0.2) is 0 Å². The van der Waals surface area contributed by atoms with Crippen molar-refractivity contribution in [3.63, 3.8) is 0 Å². The van der Waals surface area contributed by atoms with E-state index in [0.717, 1.165) is 30.7 Å². The fraction of sp³-hybridized carbons (Fsp3) is 0.375. The minimum atomic E-state index is -0.551. The van der Waals surface area contributed by atoms with Crippen molar-refractivity contribution in [2.24, 2.45) is 0 Å². The van der Waals surface area contributed by atoms with Gasteiger partial charge in [0.05, 0.1) is 7.11 Å². The summed E-state index contributed by atoms with van der Waals surface area (Å²) in [6.07, 6.45) is 1.99. The van der Waals surface area contributed by atoms with E-state index >= 15 is 0 Å². The third-order valence-corrected chi connectivity index (χ3v) is 4.24. The molecule has 1 heterocycles. The van der Waals surface area contributed by atoms with Gasteiger partial charge in [0.1, 0.15) is 17.1 Å². The number of hydrogen-bond acceptors (Lipinski definition) is 5. The summed E-state index contributed by atoms with van der Waals surface area (Å²) in [4.78, 5) is 24.9. The van der Waals surface area contributed by atoms with Crippen LogP contribution in [0.2, 0.25) is 0 Å². The van der Waals surface area contributed by atoms with Gasteiger partial charge in [0, 0.05) is 19.0 Å². The molecule has 0 radical (unpaired) electrons. The molecule has 1 saturated heterocycles. The normalized spacial score (nSPS) is 18.9. The van der Waals surface area contributed by atoms with Crippen LogP contribution in [-0.2, 0) is 0 Å². The highest BCUT2D eigenvalue weighted by Gasteiger charge is 2.29. The minimum Gasteiger partial charge on any atom is -0.496 e. The smallest absolute Gasteiger partial charge is 0.253 e. The third kappa shape index (κ3) is 2.18. The largest absolute Gasteiger partial charge is 0.496 e. The lowest BCUT2D eigenvalue weighted by molar-refractivity contribution is 0.398. The first-order chi connectivity index (χ1) is 10.1. The summed E-state index contributed by atoms with van der Waals surface area (Å²) in [5.74, 6) is 1.14. The van der Waals surface area contributed by atoms with Gasteiger partial charge in [-0.1, -0.05) is 18.2 Å². The van der Waals surface area contributed by atoms with Crippen LogP contribution in [0.4, 0.5) is 11.4 Å². The van der Waals surface area contributed by atoms with Gasteiger partial charge >= 0.3 is 0 Å². The lowest BCUT2D eigenvalue weighted by Gasteiger charge is -2.35. The molecule has 0 saturated carbocycles. The molecule has 0 spiro atoms. The molecule has 5 nitrogen and oxygen atoms in total. The lowest BCUT2D eigenvalue weighted by atomic mass is 9.89. The van der Waals surface area contributed by atoms with Gasteiger partial charge in [-0.05, 0) is 24.5 Å². The van der Waals surface area contributed by atoms with Gasteiger partial charge in [0.25, 0.3) is 10.9 Å². The van der Waals surface area contributed by atoms with Crippen LogP contribution >= 0.6 is 0 Å². The molecule has 0 aliphatic carbocycles. The molecule has 0 bridgehead atoms. The fourth-order valence-electron chi connectivity index (χ4n) is 3.15. The van der Waals surface area contributed by atoms with E-state index < -0.39 is 10.9 Å². The average Bonchev–Trinajstić information content (AvgIpc) is 2.55. The molecule has 2 aromatic carbocycles. The van der Waals surface area contributed by atoms with E-state index in [0.29, 0.717) is 12.2 Å². The van der Waals surface area contributed by atoms with Crippen molar-refractivity contribution in [3.05, 3.63) is 50.3 Å². The highest BCUT2D eigenvalue weighted by molar-refractivity contribution is 5.73. The Morgan fingerprint density at radius 2 is 2.00 bits per heavy atom. The molecule has 2 N–H and O–H groups in total. The highest BCUT2D eigenvalue weighted by atomic mass is 16.5. The highest BCUT2D eigenvalue weighted by Crippen LogP contribution is 2.34. The molecular formula is C16H18N2O3. The molecule has 1 fully saturated rings. The van der Waals surface area contributed by atoms with Crippen LogP contribution in [0, 0.1) is 0 Å². The van der Waals surface area contributed by atoms with Crippen molar-refractivity contribution >= 4 is 11.4 Å². The summed E-state index contributed by atoms with van der Waals surface area (Å²) in [5, 5.41) is 0. The van der Waals surface area contributed by atoms with Crippen LogP contribution in [0.1, 0.15) is 24.3 Å². The number of para-hydroxylation sites is 1. The maximum Gasteiger partial charge on any atom is 0.253 e. The zero-order valence-electron chi connectivity index (χ0n) is 12.0. The molecule has 1 unspecified atom stereocenters. The molecule has 1 aliphatic rings. The summed E-state index contributed by atoms with van der Waals surface area (Å²) in [5.41, 5.74) is 6.32. The van der Waals surface area contributed by atoms with Gasteiger partial charge in [0.2, 0.25) is 0 Å². The molecule has 0 aromatic heterocycles. The lowest BCUT2D eigenvalue weighted by Crippen LogP contribution is -2.46. The number of piperidine rings is 1. The predicted octanol–water partition coefficient (Wildman–Crippen LogP) is 1.26. The standard InChI is InChI=1S/C16H18N2O3/c1-21-12-7-3-2-6-11(12)10-5-4-8-18(9-10)14-13(17)15(19)16(14)20/h2-3,6-7,10H,4-5,8-9,17H2,1H3. The Bertz CT molecular complexity index is 731.